The van der Waals surface area contributed by atoms with Gasteiger partial charge >= 0.3 is 0 Å². The van der Waals surface area contributed by atoms with Crippen LogP contribution in [0, 0.1) is 13.8 Å². The molecule has 1 N–H and O–H groups in total. The largest absolute Gasteiger partial charge is 0.378 e. The number of anilines is 1. The van der Waals surface area contributed by atoms with Gasteiger partial charge in [-0.25, -0.2) is 8.42 Å². The van der Waals surface area contributed by atoms with Crippen molar-refractivity contribution >= 4 is 27.3 Å². The molecule has 0 unspecified atom stereocenters. The number of fused-ring (bicyclic) bond motifs is 1. The zero-order valence-electron chi connectivity index (χ0n) is 16.8. The van der Waals surface area contributed by atoms with Gasteiger partial charge in [-0.3, -0.25) is 14.3 Å². The van der Waals surface area contributed by atoms with Gasteiger partial charge in [0.05, 0.1) is 13.2 Å². The van der Waals surface area contributed by atoms with Crippen LogP contribution in [0.3, 0.4) is 0 Å². The lowest BCUT2D eigenvalue weighted by atomic mass is 9.91. The van der Waals surface area contributed by atoms with E-state index in [4.69, 9.17) is 4.74 Å². The Labute approximate surface area is 175 Å². The predicted octanol–water partition coefficient (Wildman–Crippen LogP) is 2.67. The van der Waals surface area contributed by atoms with E-state index in [-0.39, 0.29) is 16.8 Å². The first-order valence-corrected chi connectivity index (χ1v) is 11.1. The van der Waals surface area contributed by atoms with Gasteiger partial charge in [-0.2, -0.15) is 0 Å². The maximum absolute atomic E-state index is 13.4. The summed E-state index contributed by atoms with van der Waals surface area (Å²) in [6.45, 7) is 5.16. The SMILES string of the molecule is Cc1ccc(NS(=O)(=O)C2=C(N3CCOCC3)C(=O)c3ccccc3C2=O)cc1C. The van der Waals surface area contributed by atoms with Gasteiger partial charge in [0, 0.05) is 29.9 Å². The van der Waals surface area contributed by atoms with Gasteiger partial charge in [0.15, 0.2) is 4.91 Å². The Kier molecular flexibility index (Phi) is 5.21. The number of ketones is 2. The van der Waals surface area contributed by atoms with Crippen molar-refractivity contribution < 1.29 is 22.7 Å². The number of hydrogen-bond acceptors (Lipinski definition) is 6. The molecular weight excluding hydrogens is 404 g/mol. The Bertz CT molecular complexity index is 1180. The molecule has 1 saturated heterocycles. The van der Waals surface area contributed by atoms with E-state index >= 15 is 0 Å². The molecule has 2 aliphatic rings. The fraction of sp³-hybridized carbons (Fsp3) is 0.273. The summed E-state index contributed by atoms with van der Waals surface area (Å²) in [6.07, 6.45) is 0. The van der Waals surface area contributed by atoms with Crippen LogP contribution < -0.4 is 4.72 Å². The van der Waals surface area contributed by atoms with Crippen LogP contribution in [0.2, 0.25) is 0 Å². The molecule has 0 amide bonds. The molecule has 4 rings (SSSR count). The summed E-state index contributed by atoms with van der Waals surface area (Å²) in [5.74, 6) is -1.14. The molecule has 8 heteroatoms. The molecule has 2 aromatic rings. The smallest absolute Gasteiger partial charge is 0.268 e. The fourth-order valence-corrected chi connectivity index (χ4v) is 5.04. The molecule has 0 radical (unpaired) electrons. The van der Waals surface area contributed by atoms with Crippen LogP contribution in [-0.4, -0.2) is 51.2 Å². The Hall–Kier alpha value is -2.97. The number of benzene rings is 2. The fourth-order valence-electron chi connectivity index (χ4n) is 3.67. The van der Waals surface area contributed by atoms with Gasteiger partial charge < -0.3 is 9.64 Å². The monoisotopic (exact) mass is 426 g/mol. The molecule has 0 bridgehead atoms. The summed E-state index contributed by atoms with van der Waals surface area (Å²) in [4.78, 5) is 27.7. The number of aryl methyl sites for hydroxylation is 2. The summed E-state index contributed by atoms with van der Waals surface area (Å²) in [7, 11) is -4.31. The number of rotatable bonds is 4. The third kappa shape index (κ3) is 3.53. The van der Waals surface area contributed by atoms with Crippen molar-refractivity contribution in [2.24, 2.45) is 0 Å². The summed E-state index contributed by atoms with van der Waals surface area (Å²) in [5, 5.41) is 0. The van der Waals surface area contributed by atoms with E-state index in [1.807, 2.05) is 13.8 Å². The first-order chi connectivity index (χ1) is 14.3. The number of morpholine rings is 1. The van der Waals surface area contributed by atoms with E-state index in [1.54, 1.807) is 41.3 Å². The summed E-state index contributed by atoms with van der Waals surface area (Å²) >= 11 is 0. The molecule has 1 aliphatic carbocycles. The molecule has 2 aromatic carbocycles. The second kappa shape index (κ2) is 7.70. The average molecular weight is 426 g/mol. The highest BCUT2D eigenvalue weighted by Gasteiger charge is 2.41. The molecule has 0 spiro atoms. The lowest BCUT2D eigenvalue weighted by Gasteiger charge is -2.33. The van der Waals surface area contributed by atoms with E-state index in [1.165, 1.54) is 6.07 Å². The topological polar surface area (TPSA) is 92.8 Å². The Morgan fingerprint density at radius 3 is 2.17 bits per heavy atom. The molecule has 30 heavy (non-hydrogen) atoms. The number of allylic oxidation sites excluding steroid dienone is 2. The maximum Gasteiger partial charge on any atom is 0.268 e. The minimum atomic E-state index is -4.31. The molecular formula is C22H22N2O5S. The zero-order valence-corrected chi connectivity index (χ0v) is 17.6. The predicted molar refractivity (Wildman–Crippen MR) is 113 cm³/mol. The average Bonchev–Trinajstić information content (AvgIpc) is 2.73. The van der Waals surface area contributed by atoms with Crippen LogP contribution in [0.1, 0.15) is 31.8 Å². The molecule has 1 aliphatic heterocycles. The van der Waals surface area contributed by atoms with Gasteiger partial charge in [0.25, 0.3) is 10.0 Å². The first-order valence-electron chi connectivity index (χ1n) is 9.65. The molecule has 1 heterocycles. The molecule has 0 saturated carbocycles. The zero-order chi connectivity index (χ0) is 21.5. The highest BCUT2D eigenvalue weighted by Crippen LogP contribution is 2.32. The Balaban J connectivity index is 1.86. The number of ether oxygens (including phenoxy) is 1. The highest BCUT2D eigenvalue weighted by molar-refractivity contribution is 7.97. The van der Waals surface area contributed by atoms with Crippen LogP contribution in [0.4, 0.5) is 5.69 Å². The van der Waals surface area contributed by atoms with Crippen molar-refractivity contribution in [3.8, 4) is 0 Å². The van der Waals surface area contributed by atoms with Gasteiger partial charge in [-0.1, -0.05) is 30.3 Å². The molecule has 156 valence electrons. The number of nitrogens with zero attached hydrogens (tertiary/aromatic N) is 1. The molecule has 0 atom stereocenters. The van der Waals surface area contributed by atoms with Crippen molar-refractivity contribution in [3.05, 3.63) is 75.3 Å². The van der Waals surface area contributed by atoms with Gasteiger partial charge in [-0.15, -0.1) is 0 Å². The molecule has 1 fully saturated rings. The second-order valence-electron chi connectivity index (χ2n) is 7.39. The number of nitrogens with one attached hydrogen (secondary N) is 1. The van der Waals surface area contributed by atoms with Crippen LogP contribution in [0.15, 0.2) is 53.1 Å². The standard InChI is InChI=1S/C22H22N2O5S/c1-14-7-8-16(13-15(14)2)23-30(27,28)22-19(24-9-11-29-12-10-24)20(25)17-5-3-4-6-18(17)21(22)26/h3-8,13,23H,9-12H2,1-2H3. The van der Waals surface area contributed by atoms with E-state index in [0.29, 0.717) is 32.0 Å². The van der Waals surface area contributed by atoms with Crippen molar-refractivity contribution in [2.75, 3.05) is 31.0 Å². The van der Waals surface area contributed by atoms with Gasteiger partial charge in [-0.05, 0) is 37.1 Å². The highest BCUT2D eigenvalue weighted by atomic mass is 32.2. The number of carbonyl (C=O) groups is 2. The van der Waals surface area contributed by atoms with Crippen LogP contribution in [-0.2, 0) is 14.8 Å². The van der Waals surface area contributed by atoms with Gasteiger partial charge in [0.2, 0.25) is 11.6 Å². The number of Topliss-reactive ketones (excluding diaryl/α,β-unsaturated/α-hetero) is 2. The quantitative estimate of drug-likeness (QED) is 0.808. The molecule has 0 aromatic heterocycles. The maximum atomic E-state index is 13.4. The van der Waals surface area contributed by atoms with Crippen molar-refractivity contribution in [3.63, 3.8) is 0 Å². The minimum Gasteiger partial charge on any atom is -0.378 e. The van der Waals surface area contributed by atoms with Crippen LogP contribution >= 0.6 is 0 Å². The number of sulfonamides is 1. The lowest BCUT2D eigenvalue weighted by molar-refractivity contribution is 0.0499. The van der Waals surface area contributed by atoms with Crippen molar-refractivity contribution in [1.82, 2.24) is 4.90 Å². The minimum absolute atomic E-state index is 0.0849. The van der Waals surface area contributed by atoms with E-state index in [0.717, 1.165) is 11.1 Å². The van der Waals surface area contributed by atoms with E-state index < -0.39 is 26.5 Å². The van der Waals surface area contributed by atoms with Crippen molar-refractivity contribution in [1.29, 1.82) is 0 Å². The van der Waals surface area contributed by atoms with E-state index in [2.05, 4.69) is 4.72 Å². The molecule has 7 nitrogen and oxygen atoms in total. The van der Waals surface area contributed by atoms with Crippen molar-refractivity contribution in [2.45, 2.75) is 13.8 Å². The third-order valence-corrected chi connectivity index (χ3v) is 6.83. The third-order valence-electron chi connectivity index (χ3n) is 5.41. The summed E-state index contributed by atoms with van der Waals surface area (Å²) in [5.41, 5.74) is 2.50. The van der Waals surface area contributed by atoms with Gasteiger partial charge in [0.1, 0.15) is 5.70 Å². The van der Waals surface area contributed by atoms with Crippen LogP contribution in [0.25, 0.3) is 0 Å². The van der Waals surface area contributed by atoms with E-state index in [9.17, 15) is 18.0 Å². The lowest BCUT2D eigenvalue weighted by Crippen LogP contribution is -2.43. The summed E-state index contributed by atoms with van der Waals surface area (Å²) < 4.78 is 34.6. The summed E-state index contributed by atoms with van der Waals surface area (Å²) in [6, 6.07) is 11.4. The number of hydrogen-bond donors (Lipinski definition) is 1. The second-order valence-corrected chi connectivity index (χ2v) is 9.00. The number of carbonyl (C=O) groups excluding carboxylic acids is 2. The van der Waals surface area contributed by atoms with Crippen LogP contribution in [0.5, 0.6) is 0 Å². The normalized spacial score (nSPS) is 17.2. The Morgan fingerprint density at radius 2 is 1.53 bits per heavy atom. The Morgan fingerprint density at radius 1 is 0.900 bits per heavy atom. The first kappa shape index (κ1) is 20.3.